The molecule has 0 unspecified atom stereocenters. The monoisotopic (exact) mass is 278 g/mol. The van der Waals surface area contributed by atoms with Crippen LogP contribution in [-0.2, 0) is 0 Å². The van der Waals surface area contributed by atoms with Gasteiger partial charge in [-0.2, -0.15) is 0 Å². The van der Waals surface area contributed by atoms with Crippen LogP contribution >= 0.6 is 0 Å². The lowest BCUT2D eigenvalue weighted by molar-refractivity contribution is 0.0832. The lowest BCUT2D eigenvalue weighted by Gasteiger charge is -2.29. The largest absolute Gasteiger partial charge is 0.497 e. The summed E-state index contributed by atoms with van der Waals surface area (Å²) in [6.45, 7) is -1.24. The summed E-state index contributed by atoms with van der Waals surface area (Å²) in [6.07, 6.45) is 1.62. The summed E-state index contributed by atoms with van der Waals surface area (Å²) in [6, 6.07) is 7.38. The molecule has 0 saturated carbocycles. The Labute approximate surface area is 116 Å². The van der Waals surface area contributed by atoms with Crippen molar-refractivity contribution in [2.45, 2.75) is 5.54 Å². The van der Waals surface area contributed by atoms with Gasteiger partial charge < -0.3 is 25.4 Å². The minimum Gasteiger partial charge on any atom is -0.497 e. The van der Waals surface area contributed by atoms with Gasteiger partial charge in [0.05, 0.1) is 26.9 Å². The summed E-state index contributed by atoms with van der Waals surface area (Å²) in [5.74, 6) is 1.15. The van der Waals surface area contributed by atoms with Gasteiger partial charge in [-0.25, -0.2) is 4.98 Å². The first-order valence-electron chi connectivity index (χ1n) is 6.21. The van der Waals surface area contributed by atoms with Gasteiger partial charge in [-0.3, -0.25) is 0 Å². The average molecular weight is 278 g/mol. The second-order valence-corrected chi connectivity index (χ2v) is 4.63. The van der Waals surface area contributed by atoms with E-state index in [1.54, 1.807) is 13.3 Å². The standard InChI is InChI=1S/C14H18N2O4/c1-20-11-3-2-10-4-5-15-13(12(10)6-11)16-14(7-17,8-18)9-19/h2-6,17-19H,7-9H2,1H3,(H,15,16). The Morgan fingerprint density at radius 3 is 2.45 bits per heavy atom. The molecular formula is C14H18N2O4. The molecule has 0 fully saturated rings. The van der Waals surface area contributed by atoms with E-state index in [2.05, 4.69) is 10.3 Å². The highest BCUT2D eigenvalue weighted by Gasteiger charge is 2.28. The van der Waals surface area contributed by atoms with Crippen molar-refractivity contribution in [2.24, 2.45) is 0 Å². The van der Waals surface area contributed by atoms with E-state index in [4.69, 9.17) is 4.74 Å². The smallest absolute Gasteiger partial charge is 0.134 e. The lowest BCUT2D eigenvalue weighted by Crippen LogP contribution is -2.49. The molecule has 0 saturated heterocycles. The van der Waals surface area contributed by atoms with E-state index in [0.29, 0.717) is 11.6 Å². The number of aliphatic hydroxyl groups is 3. The van der Waals surface area contributed by atoms with Crippen molar-refractivity contribution in [3.8, 4) is 5.75 Å². The van der Waals surface area contributed by atoms with Gasteiger partial charge in [0.2, 0.25) is 0 Å². The van der Waals surface area contributed by atoms with E-state index >= 15 is 0 Å². The van der Waals surface area contributed by atoms with E-state index < -0.39 is 25.4 Å². The molecule has 4 N–H and O–H groups in total. The predicted molar refractivity (Wildman–Crippen MR) is 75.9 cm³/mol. The number of nitrogens with one attached hydrogen (secondary N) is 1. The van der Waals surface area contributed by atoms with Crippen molar-refractivity contribution in [1.82, 2.24) is 4.98 Å². The van der Waals surface area contributed by atoms with Crippen molar-refractivity contribution in [3.63, 3.8) is 0 Å². The Bertz CT molecular complexity index is 576. The fraction of sp³-hybridized carbons (Fsp3) is 0.357. The van der Waals surface area contributed by atoms with Gasteiger partial charge in [0, 0.05) is 11.6 Å². The zero-order valence-corrected chi connectivity index (χ0v) is 11.2. The molecule has 6 nitrogen and oxygen atoms in total. The summed E-state index contributed by atoms with van der Waals surface area (Å²) in [7, 11) is 1.57. The number of methoxy groups -OCH3 is 1. The SMILES string of the molecule is COc1ccc2ccnc(NC(CO)(CO)CO)c2c1. The molecule has 0 aliphatic rings. The molecule has 1 heterocycles. The number of nitrogens with zero attached hydrogens (tertiary/aromatic N) is 1. The third-order valence-electron chi connectivity index (χ3n) is 3.26. The van der Waals surface area contributed by atoms with Gasteiger partial charge in [0.25, 0.3) is 0 Å². The first-order chi connectivity index (χ1) is 9.68. The summed E-state index contributed by atoms with van der Waals surface area (Å²) < 4.78 is 5.18. The van der Waals surface area contributed by atoms with Crippen molar-refractivity contribution in [1.29, 1.82) is 0 Å². The van der Waals surface area contributed by atoms with Gasteiger partial charge in [-0.15, -0.1) is 0 Å². The highest BCUT2D eigenvalue weighted by molar-refractivity contribution is 5.93. The summed E-state index contributed by atoms with van der Waals surface area (Å²) in [5.41, 5.74) is -1.22. The van der Waals surface area contributed by atoms with Crippen LogP contribution in [0.15, 0.2) is 30.5 Å². The van der Waals surface area contributed by atoms with Crippen LogP contribution in [0.2, 0.25) is 0 Å². The van der Waals surface area contributed by atoms with E-state index in [0.717, 1.165) is 10.8 Å². The van der Waals surface area contributed by atoms with Crippen LogP contribution in [0.4, 0.5) is 5.82 Å². The maximum Gasteiger partial charge on any atom is 0.134 e. The number of aromatic nitrogens is 1. The molecule has 6 heteroatoms. The number of fused-ring (bicyclic) bond motifs is 1. The highest BCUT2D eigenvalue weighted by atomic mass is 16.5. The minimum atomic E-state index is -1.22. The Hall–Kier alpha value is -1.89. The maximum absolute atomic E-state index is 9.38. The number of benzene rings is 1. The van der Waals surface area contributed by atoms with Crippen LogP contribution in [0.25, 0.3) is 10.8 Å². The topological polar surface area (TPSA) is 94.8 Å². The Kier molecular flexibility index (Phi) is 4.39. The van der Waals surface area contributed by atoms with Gasteiger partial charge in [0.1, 0.15) is 17.1 Å². The minimum absolute atomic E-state index is 0.415. The van der Waals surface area contributed by atoms with Gasteiger partial charge in [-0.1, -0.05) is 6.07 Å². The number of rotatable bonds is 6. The predicted octanol–water partition coefficient (Wildman–Crippen LogP) is 0.371. The number of anilines is 1. The fourth-order valence-corrected chi connectivity index (χ4v) is 1.89. The second-order valence-electron chi connectivity index (χ2n) is 4.63. The summed E-state index contributed by atoms with van der Waals surface area (Å²) in [5, 5.41) is 32.8. The van der Waals surface area contributed by atoms with Crippen LogP contribution in [0, 0.1) is 0 Å². The van der Waals surface area contributed by atoms with Crippen molar-refractivity contribution >= 4 is 16.6 Å². The van der Waals surface area contributed by atoms with Crippen LogP contribution in [-0.4, -0.2) is 52.8 Å². The Morgan fingerprint density at radius 1 is 1.15 bits per heavy atom. The van der Waals surface area contributed by atoms with E-state index in [-0.39, 0.29) is 0 Å². The first-order valence-corrected chi connectivity index (χ1v) is 6.21. The molecule has 0 aliphatic carbocycles. The molecule has 0 spiro atoms. The number of pyridine rings is 1. The van der Waals surface area contributed by atoms with Gasteiger partial charge in [0.15, 0.2) is 0 Å². The second kappa shape index (κ2) is 6.04. The maximum atomic E-state index is 9.38. The fourth-order valence-electron chi connectivity index (χ4n) is 1.89. The molecule has 20 heavy (non-hydrogen) atoms. The first kappa shape index (κ1) is 14.5. The molecule has 1 aromatic heterocycles. The van der Waals surface area contributed by atoms with Gasteiger partial charge in [-0.05, 0) is 23.6 Å². The molecule has 1 aromatic carbocycles. The Balaban J connectivity index is 2.48. The zero-order valence-electron chi connectivity index (χ0n) is 11.2. The number of aliphatic hydroxyl groups excluding tert-OH is 3. The van der Waals surface area contributed by atoms with Gasteiger partial charge >= 0.3 is 0 Å². The normalized spacial score (nSPS) is 11.6. The highest BCUT2D eigenvalue weighted by Crippen LogP contribution is 2.27. The van der Waals surface area contributed by atoms with Crippen molar-refractivity contribution < 1.29 is 20.1 Å². The van der Waals surface area contributed by atoms with E-state index in [1.165, 1.54) is 0 Å². The molecule has 0 radical (unpaired) electrons. The summed E-state index contributed by atoms with van der Waals surface area (Å²) in [4.78, 5) is 4.21. The van der Waals surface area contributed by atoms with Crippen LogP contribution in [0.1, 0.15) is 0 Å². The molecule has 0 atom stereocenters. The Morgan fingerprint density at radius 2 is 1.85 bits per heavy atom. The quantitative estimate of drug-likeness (QED) is 0.610. The molecule has 0 bridgehead atoms. The zero-order chi connectivity index (χ0) is 14.6. The van der Waals surface area contributed by atoms with E-state index in [9.17, 15) is 15.3 Å². The molecular weight excluding hydrogens is 260 g/mol. The molecule has 0 aliphatic heterocycles. The van der Waals surface area contributed by atoms with Crippen LogP contribution in [0.3, 0.4) is 0 Å². The average Bonchev–Trinajstić information content (AvgIpc) is 2.52. The van der Waals surface area contributed by atoms with Crippen molar-refractivity contribution in [2.75, 3.05) is 32.2 Å². The van der Waals surface area contributed by atoms with Crippen LogP contribution < -0.4 is 10.1 Å². The number of hydrogen-bond donors (Lipinski definition) is 4. The van der Waals surface area contributed by atoms with Crippen molar-refractivity contribution in [3.05, 3.63) is 30.5 Å². The number of hydrogen-bond acceptors (Lipinski definition) is 6. The third kappa shape index (κ3) is 2.67. The van der Waals surface area contributed by atoms with Crippen LogP contribution in [0.5, 0.6) is 5.75 Å². The molecule has 2 aromatic rings. The summed E-state index contributed by atoms with van der Waals surface area (Å²) >= 11 is 0. The number of ether oxygens (including phenoxy) is 1. The lowest BCUT2D eigenvalue weighted by atomic mass is 10.0. The molecule has 108 valence electrons. The molecule has 2 rings (SSSR count). The molecule has 0 amide bonds. The van der Waals surface area contributed by atoms with E-state index in [1.807, 2.05) is 24.3 Å². The third-order valence-corrected chi connectivity index (χ3v) is 3.26.